The van der Waals surface area contributed by atoms with Crippen LogP contribution in [0.3, 0.4) is 0 Å². The minimum atomic E-state index is -0.0860. The first-order valence-electron chi connectivity index (χ1n) is 12.3. The maximum Gasteiger partial charge on any atom is 0.266 e. The number of aliphatic hydroxyl groups excluding tert-OH is 1. The summed E-state index contributed by atoms with van der Waals surface area (Å²) in [5, 5.41) is 22.9. The number of hydrogen-bond donors (Lipinski definition) is 3. The standard InChI is InChI=1S/C28H31N5O2S/c1-20-10-17-36-27(20)28(35)29-26-18-21(19-33-13-11-32(12-14-33)15-16-34)6-7-22(26)8-9-25-23-4-2-3-5-24(23)30-31-25/h2-10,17-18,34H,11-16,19H2,1H3,(H,29,35)(H,30,31)/b9-8+. The highest BCUT2D eigenvalue weighted by atomic mass is 32.1. The summed E-state index contributed by atoms with van der Waals surface area (Å²) in [5.74, 6) is -0.0860. The molecule has 36 heavy (non-hydrogen) atoms. The molecule has 0 unspecified atom stereocenters. The number of thiophene rings is 1. The number of aromatic nitrogens is 2. The van der Waals surface area contributed by atoms with Gasteiger partial charge in [-0.15, -0.1) is 11.3 Å². The van der Waals surface area contributed by atoms with Gasteiger partial charge in [-0.2, -0.15) is 5.10 Å². The Morgan fingerprint density at radius 3 is 2.69 bits per heavy atom. The van der Waals surface area contributed by atoms with Crippen molar-refractivity contribution < 1.29 is 9.90 Å². The summed E-state index contributed by atoms with van der Waals surface area (Å²) in [4.78, 5) is 18.5. The van der Waals surface area contributed by atoms with Crippen molar-refractivity contribution in [1.82, 2.24) is 20.0 Å². The number of anilines is 1. The van der Waals surface area contributed by atoms with Crippen LogP contribution >= 0.6 is 11.3 Å². The van der Waals surface area contributed by atoms with E-state index in [1.54, 1.807) is 0 Å². The zero-order chi connectivity index (χ0) is 24.9. The zero-order valence-corrected chi connectivity index (χ0v) is 21.2. The molecule has 8 heteroatoms. The number of aryl methyl sites for hydroxylation is 1. The molecule has 0 atom stereocenters. The number of aliphatic hydroxyl groups is 1. The molecule has 3 N–H and O–H groups in total. The van der Waals surface area contributed by atoms with Crippen LogP contribution in [-0.4, -0.2) is 70.3 Å². The molecule has 2 aromatic carbocycles. The smallest absolute Gasteiger partial charge is 0.266 e. The fourth-order valence-electron chi connectivity index (χ4n) is 4.59. The van der Waals surface area contributed by atoms with Crippen molar-refractivity contribution in [3.63, 3.8) is 0 Å². The number of rotatable bonds is 8. The van der Waals surface area contributed by atoms with Gasteiger partial charge in [0.1, 0.15) is 0 Å². The van der Waals surface area contributed by atoms with Crippen LogP contribution in [0.15, 0.2) is 53.9 Å². The van der Waals surface area contributed by atoms with Crippen LogP contribution in [-0.2, 0) is 6.54 Å². The minimum absolute atomic E-state index is 0.0860. The number of fused-ring (bicyclic) bond motifs is 1. The molecular formula is C28H31N5O2S. The molecule has 2 aromatic heterocycles. The lowest BCUT2D eigenvalue weighted by molar-refractivity contribution is 0.102. The summed E-state index contributed by atoms with van der Waals surface area (Å²) >= 11 is 1.46. The molecule has 186 valence electrons. The van der Waals surface area contributed by atoms with E-state index in [-0.39, 0.29) is 12.5 Å². The fraction of sp³-hybridized carbons (Fsp3) is 0.286. The number of aromatic amines is 1. The molecule has 5 rings (SSSR count). The molecule has 0 saturated carbocycles. The number of carbonyl (C=O) groups is 1. The van der Waals surface area contributed by atoms with Crippen molar-refractivity contribution in [2.45, 2.75) is 13.5 Å². The molecule has 4 aromatic rings. The first-order valence-corrected chi connectivity index (χ1v) is 13.1. The van der Waals surface area contributed by atoms with Gasteiger partial charge in [-0.3, -0.25) is 19.7 Å². The number of hydrogen-bond acceptors (Lipinski definition) is 6. The second-order valence-electron chi connectivity index (χ2n) is 9.14. The van der Waals surface area contributed by atoms with Crippen molar-refractivity contribution in [1.29, 1.82) is 0 Å². The van der Waals surface area contributed by atoms with Gasteiger partial charge in [0.25, 0.3) is 5.91 Å². The molecule has 7 nitrogen and oxygen atoms in total. The molecule has 0 aliphatic carbocycles. The van der Waals surface area contributed by atoms with Crippen LogP contribution in [0.1, 0.15) is 32.1 Å². The maximum absolute atomic E-state index is 13.1. The average molecular weight is 502 g/mol. The van der Waals surface area contributed by atoms with Gasteiger partial charge < -0.3 is 10.4 Å². The van der Waals surface area contributed by atoms with Gasteiger partial charge in [0.15, 0.2) is 0 Å². The molecule has 1 saturated heterocycles. The van der Waals surface area contributed by atoms with Crippen molar-refractivity contribution in [2.75, 3.05) is 44.6 Å². The van der Waals surface area contributed by atoms with E-state index in [0.717, 1.165) is 83.1 Å². The normalized spacial score (nSPS) is 15.2. The first-order chi connectivity index (χ1) is 17.6. The van der Waals surface area contributed by atoms with Crippen LogP contribution in [0, 0.1) is 6.92 Å². The number of nitrogens with one attached hydrogen (secondary N) is 2. The van der Waals surface area contributed by atoms with Gasteiger partial charge in [-0.25, -0.2) is 0 Å². The number of piperazine rings is 1. The number of para-hydroxylation sites is 1. The summed E-state index contributed by atoms with van der Waals surface area (Å²) < 4.78 is 0. The van der Waals surface area contributed by atoms with E-state index in [1.165, 1.54) is 11.3 Å². The van der Waals surface area contributed by atoms with Gasteiger partial charge in [0.05, 0.1) is 22.7 Å². The second-order valence-corrected chi connectivity index (χ2v) is 10.1. The molecule has 1 fully saturated rings. The Hall–Kier alpha value is -3.30. The summed E-state index contributed by atoms with van der Waals surface area (Å²) in [7, 11) is 0. The number of β-amino-alcohol motifs (C(OH)–C–C–N with tert-alkyl or cyclic N) is 1. The molecule has 1 aliphatic rings. The second kappa shape index (κ2) is 11.2. The quantitative estimate of drug-likeness (QED) is 0.332. The van der Waals surface area contributed by atoms with E-state index in [9.17, 15) is 9.90 Å². The van der Waals surface area contributed by atoms with Crippen molar-refractivity contribution in [2.24, 2.45) is 0 Å². The third-order valence-electron chi connectivity index (χ3n) is 6.64. The molecule has 1 aliphatic heterocycles. The predicted octanol–water partition coefficient (Wildman–Crippen LogP) is 4.47. The number of benzene rings is 2. The van der Waals surface area contributed by atoms with Crippen LogP contribution in [0.5, 0.6) is 0 Å². The van der Waals surface area contributed by atoms with E-state index in [4.69, 9.17) is 0 Å². The summed E-state index contributed by atoms with van der Waals surface area (Å²) in [6.07, 6.45) is 4.00. The molecular weight excluding hydrogens is 470 g/mol. The van der Waals surface area contributed by atoms with Crippen LogP contribution in [0.25, 0.3) is 23.1 Å². The van der Waals surface area contributed by atoms with Gasteiger partial charge >= 0.3 is 0 Å². The first kappa shape index (κ1) is 24.4. The zero-order valence-electron chi connectivity index (χ0n) is 20.4. The van der Waals surface area contributed by atoms with Crippen LogP contribution in [0.4, 0.5) is 5.69 Å². The van der Waals surface area contributed by atoms with Crippen molar-refractivity contribution >= 4 is 46.0 Å². The average Bonchev–Trinajstić information content (AvgIpc) is 3.51. The van der Waals surface area contributed by atoms with E-state index in [1.807, 2.05) is 54.8 Å². The van der Waals surface area contributed by atoms with Gasteiger partial charge in [-0.1, -0.05) is 36.4 Å². The number of H-pyrrole nitrogens is 1. The molecule has 0 radical (unpaired) electrons. The molecule has 0 bridgehead atoms. The number of carbonyl (C=O) groups excluding carboxylic acids is 1. The van der Waals surface area contributed by atoms with Gasteiger partial charge in [-0.05, 0) is 53.3 Å². The predicted molar refractivity (Wildman–Crippen MR) is 147 cm³/mol. The Morgan fingerprint density at radius 2 is 1.92 bits per heavy atom. The lowest BCUT2D eigenvalue weighted by atomic mass is 10.1. The van der Waals surface area contributed by atoms with E-state index in [2.05, 4.69) is 43.5 Å². The summed E-state index contributed by atoms with van der Waals surface area (Å²) in [5.41, 5.74) is 5.72. The van der Waals surface area contributed by atoms with Crippen LogP contribution < -0.4 is 5.32 Å². The van der Waals surface area contributed by atoms with Crippen LogP contribution in [0.2, 0.25) is 0 Å². The highest BCUT2D eigenvalue weighted by Crippen LogP contribution is 2.25. The highest BCUT2D eigenvalue weighted by Gasteiger charge is 2.18. The van der Waals surface area contributed by atoms with E-state index >= 15 is 0 Å². The number of amides is 1. The Balaban J connectivity index is 1.38. The van der Waals surface area contributed by atoms with E-state index in [0.29, 0.717) is 0 Å². The minimum Gasteiger partial charge on any atom is -0.395 e. The summed E-state index contributed by atoms with van der Waals surface area (Å²) in [6, 6.07) is 16.3. The lowest BCUT2D eigenvalue weighted by Crippen LogP contribution is -2.46. The largest absolute Gasteiger partial charge is 0.395 e. The summed E-state index contributed by atoms with van der Waals surface area (Å²) in [6.45, 7) is 7.56. The maximum atomic E-state index is 13.1. The van der Waals surface area contributed by atoms with Gasteiger partial charge in [0.2, 0.25) is 0 Å². The fourth-order valence-corrected chi connectivity index (χ4v) is 5.41. The molecule has 3 heterocycles. The monoisotopic (exact) mass is 501 g/mol. The number of nitrogens with zero attached hydrogens (tertiary/aromatic N) is 3. The van der Waals surface area contributed by atoms with E-state index < -0.39 is 0 Å². The van der Waals surface area contributed by atoms with Crippen molar-refractivity contribution in [3.05, 3.63) is 81.2 Å². The molecule has 1 amide bonds. The van der Waals surface area contributed by atoms with Gasteiger partial charge in [0, 0.05) is 50.3 Å². The Bertz CT molecular complexity index is 1370. The highest BCUT2D eigenvalue weighted by molar-refractivity contribution is 7.12. The Morgan fingerprint density at radius 1 is 1.11 bits per heavy atom. The third kappa shape index (κ3) is 5.57. The SMILES string of the molecule is Cc1ccsc1C(=O)Nc1cc(CN2CCN(CCO)CC2)ccc1/C=C/c1n[nH]c2ccccc12. The lowest BCUT2D eigenvalue weighted by Gasteiger charge is -2.34. The molecule has 0 spiro atoms. The Labute approximate surface area is 215 Å². The third-order valence-corrected chi connectivity index (χ3v) is 7.66. The topological polar surface area (TPSA) is 84.5 Å². The Kier molecular flexibility index (Phi) is 7.58. The van der Waals surface area contributed by atoms with Crippen molar-refractivity contribution in [3.8, 4) is 0 Å².